The fourth-order valence-corrected chi connectivity index (χ4v) is 4.50. The second-order valence-corrected chi connectivity index (χ2v) is 27.3. The van der Waals surface area contributed by atoms with Gasteiger partial charge in [-0.1, -0.05) is 125 Å². The highest BCUT2D eigenvalue weighted by molar-refractivity contribution is 7.20. The zero-order valence-electron chi connectivity index (χ0n) is 50.5. The maximum absolute atomic E-state index is 9.75. The molecule has 0 radical (unpaired) electrons. The summed E-state index contributed by atoms with van der Waals surface area (Å²) >= 11 is 0. The van der Waals surface area contributed by atoms with E-state index in [0.717, 1.165) is 0 Å². The molecule has 0 N–H and O–H groups in total. The van der Waals surface area contributed by atoms with E-state index in [4.69, 9.17) is 0 Å². The largest absolute Gasteiger partial charge is 0.673 e. The van der Waals surface area contributed by atoms with Gasteiger partial charge in [0.05, 0.1) is 30.9 Å². The third-order valence-corrected chi connectivity index (χ3v) is 22.5. The Morgan fingerprint density at radius 1 is 0.154 bits per heavy atom. The lowest BCUT2D eigenvalue weighted by molar-refractivity contribution is 0.366. The van der Waals surface area contributed by atoms with Gasteiger partial charge in [-0.05, 0) is 171 Å². The molecular formula is C42H108B6F24P6. The minimum absolute atomic E-state index is 0.653. The highest BCUT2D eigenvalue weighted by Crippen LogP contribution is 2.33. The monoisotopic (exact) mass is 1320 g/mol. The molecule has 0 saturated carbocycles. The predicted octanol–water partition coefficient (Wildman–Crippen LogP) is 23.2. The lowest BCUT2D eigenvalue weighted by atomic mass is 9.99. The summed E-state index contributed by atoms with van der Waals surface area (Å²) in [5.74, 6) is 0. The van der Waals surface area contributed by atoms with E-state index in [2.05, 4.69) is 180 Å². The summed E-state index contributed by atoms with van der Waals surface area (Å²) in [6, 6.07) is 0. The van der Waals surface area contributed by atoms with Crippen LogP contribution in [0.4, 0.5) is 104 Å². The van der Waals surface area contributed by atoms with Crippen LogP contribution in [0.2, 0.25) is 0 Å². The van der Waals surface area contributed by atoms with Gasteiger partial charge in [0.15, 0.2) is 0 Å². The van der Waals surface area contributed by atoms with Crippen molar-refractivity contribution in [2.75, 3.05) is 0 Å². The maximum atomic E-state index is 9.75. The summed E-state index contributed by atoms with van der Waals surface area (Å²) in [6.07, 6.45) is 24.0. The van der Waals surface area contributed by atoms with Crippen molar-refractivity contribution >= 4 is 99.0 Å². The van der Waals surface area contributed by atoms with Gasteiger partial charge in [0.1, 0.15) is 0 Å². The van der Waals surface area contributed by atoms with Crippen molar-refractivity contribution < 1.29 is 104 Å². The topological polar surface area (TPSA) is 0 Å². The zero-order valence-corrected chi connectivity index (χ0v) is 59.0. The van der Waals surface area contributed by atoms with Gasteiger partial charge in [0, 0.05) is 0 Å². The van der Waals surface area contributed by atoms with Crippen LogP contribution in [0.1, 0.15) is 240 Å². The van der Waals surface area contributed by atoms with Gasteiger partial charge in [-0.3, -0.25) is 0 Å². The van der Waals surface area contributed by atoms with Crippen molar-refractivity contribution in [2.24, 2.45) is 0 Å². The quantitative estimate of drug-likeness (QED) is 0.0729. The molecule has 0 heterocycles. The highest BCUT2D eigenvalue weighted by atomic mass is 31.0. The smallest absolute Gasteiger partial charge is 0.418 e. The van der Waals surface area contributed by atoms with Crippen molar-refractivity contribution in [3.63, 3.8) is 0 Å². The van der Waals surface area contributed by atoms with Crippen molar-refractivity contribution in [3.8, 4) is 0 Å². The average molecular weight is 1320 g/mol. The fraction of sp³-hybridized carbons (Fsp3) is 1.00. The molecule has 0 spiro atoms. The normalized spacial score (nSPS) is 12.2. The molecule has 78 heavy (non-hydrogen) atoms. The fourth-order valence-electron chi connectivity index (χ4n) is 4.50. The Labute approximate surface area is 472 Å². The summed E-state index contributed by atoms with van der Waals surface area (Å²) in [5.41, 5.74) is 0. The van der Waals surface area contributed by atoms with E-state index in [9.17, 15) is 104 Å². The van der Waals surface area contributed by atoms with Crippen LogP contribution in [-0.4, -0.2) is 74.5 Å². The standard InChI is InChI=1S/6C7H17P.6BF4/c6*1-4-7(8,5-2)6-3;6*2-1(3,4)5/h6*4-6,8H2,1-3H3;;;;;;/q;;;;;;6*-1/p+6. The molecule has 0 aromatic heterocycles. The molecule has 0 aliphatic rings. The molecule has 36 heteroatoms. The van der Waals surface area contributed by atoms with E-state index < -0.39 is 43.5 Å². The Morgan fingerprint density at radius 2 is 0.179 bits per heavy atom. The summed E-state index contributed by atoms with van der Waals surface area (Å²) in [6.45, 7) is 41.0. The highest BCUT2D eigenvalue weighted by Gasteiger charge is 2.26. The predicted molar refractivity (Wildman–Crippen MR) is 329 cm³/mol. The van der Waals surface area contributed by atoms with Crippen LogP contribution in [-0.2, 0) is 0 Å². The van der Waals surface area contributed by atoms with E-state index >= 15 is 0 Å². The SMILES string of the molecule is CCC([PH3+])(CC)CC.CCC([PH3+])(CC)CC.CCC([PH3+])(CC)CC.CCC([PH3+])(CC)CC.CCC([PH3+])(CC)CC.CCC([PH3+])(CC)CC.F[B-](F)(F)F.F[B-](F)(F)F.F[B-](F)(F)F.F[B-](F)(F)F.F[B-](F)(F)F.F[B-](F)(F)F. The lowest BCUT2D eigenvalue weighted by Crippen LogP contribution is -2.15. The molecule has 0 rings (SSSR count). The van der Waals surface area contributed by atoms with Crippen LogP contribution < -0.4 is 0 Å². The number of rotatable bonds is 18. The maximum Gasteiger partial charge on any atom is 0.673 e. The van der Waals surface area contributed by atoms with E-state index in [1.165, 1.54) is 116 Å². The van der Waals surface area contributed by atoms with E-state index in [1.54, 1.807) is 0 Å². The Morgan fingerprint density at radius 3 is 0.179 bits per heavy atom. The molecule has 0 bridgehead atoms. The van der Waals surface area contributed by atoms with Crippen LogP contribution in [0, 0.1) is 0 Å². The first kappa shape index (κ1) is 107. The molecule has 0 aliphatic heterocycles. The minimum atomic E-state index is -6.00. The molecule has 6 atom stereocenters. The summed E-state index contributed by atoms with van der Waals surface area (Å²) in [4.78, 5) is 0. The van der Waals surface area contributed by atoms with Crippen LogP contribution in [0.25, 0.3) is 0 Å². The van der Waals surface area contributed by atoms with E-state index in [0.29, 0.717) is 30.9 Å². The summed E-state index contributed by atoms with van der Waals surface area (Å²) < 4.78 is 234. The van der Waals surface area contributed by atoms with Crippen molar-refractivity contribution in [1.29, 1.82) is 0 Å². The van der Waals surface area contributed by atoms with Gasteiger partial charge in [0.2, 0.25) is 0 Å². The van der Waals surface area contributed by atoms with E-state index in [1.807, 2.05) is 0 Å². The average Bonchev–Trinajstić information content (AvgIpc) is 3.30. The lowest BCUT2D eigenvalue weighted by Gasteiger charge is -2.17. The van der Waals surface area contributed by atoms with Crippen LogP contribution in [0.5, 0.6) is 0 Å². The first-order valence-electron chi connectivity index (χ1n) is 26.5. The number of hydrogen-bond acceptors (Lipinski definition) is 0. The van der Waals surface area contributed by atoms with Crippen molar-refractivity contribution in [1.82, 2.24) is 0 Å². The van der Waals surface area contributed by atoms with Gasteiger partial charge in [-0.2, -0.15) is 0 Å². The molecule has 0 amide bonds. The van der Waals surface area contributed by atoms with Crippen LogP contribution >= 0.6 is 55.4 Å². The van der Waals surface area contributed by atoms with Gasteiger partial charge < -0.3 is 104 Å². The number of halogens is 24. The second-order valence-electron chi connectivity index (χ2n) is 18.3. The Balaban J connectivity index is -0.0000000613. The Bertz CT molecular complexity index is 880. The Hall–Kier alpha value is 1.29. The third-order valence-electron chi connectivity index (χ3n) is 13.5. The molecule has 0 fully saturated rings. The second kappa shape index (κ2) is 56.1. The molecule has 0 aliphatic carbocycles. The van der Waals surface area contributed by atoms with Gasteiger partial charge in [0.25, 0.3) is 0 Å². The molecule has 0 aromatic carbocycles. The van der Waals surface area contributed by atoms with Crippen LogP contribution in [0.3, 0.4) is 0 Å². The summed E-state index contributed by atoms with van der Waals surface area (Å²) in [5, 5.41) is 3.92. The zero-order chi connectivity index (χ0) is 66.7. The van der Waals surface area contributed by atoms with Crippen molar-refractivity contribution in [3.05, 3.63) is 0 Å². The first-order valence-corrected chi connectivity index (χ1v) is 30.7. The third kappa shape index (κ3) is 147. The van der Waals surface area contributed by atoms with Crippen LogP contribution in [0.15, 0.2) is 0 Å². The molecular weight excluding hydrogens is 1210 g/mol. The molecule has 0 aromatic rings. The van der Waals surface area contributed by atoms with Crippen molar-refractivity contribution in [2.45, 2.75) is 271 Å². The van der Waals surface area contributed by atoms with Gasteiger partial charge in [-0.15, -0.1) is 0 Å². The molecule has 6 unspecified atom stereocenters. The van der Waals surface area contributed by atoms with E-state index in [-0.39, 0.29) is 0 Å². The Kier molecular flexibility index (Phi) is 77.2. The number of hydrogen-bond donors (Lipinski definition) is 0. The van der Waals surface area contributed by atoms with Gasteiger partial charge in [-0.25, -0.2) is 0 Å². The minimum Gasteiger partial charge on any atom is -0.418 e. The first-order chi connectivity index (χ1) is 34.1. The molecule has 492 valence electrons. The molecule has 0 nitrogen and oxygen atoms in total. The molecule has 0 saturated heterocycles. The summed E-state index contributed by atoms with van der Waals surface area (Å²) in [7, 11) is -23.1. The van der Waals surface area contributed by atoms with Gasteiger partial charge >= 0.3 is 43.5 Å².